The lowest BCUT2D eigenvalue weighted by molar-refractivity contribution is -0.385. The Morgan fingerprint density at radius 3 is 3.20 bits per heavy atom. The maximum absolute atomic E-state index is 10.6. The van der Waals surface area contributed by atoms with E-state index in [0.717, 1.165) is 6.54 Å². The van der Waals surface area contributed by atoms with Crippen LogP contribution in [0.2, 0.25) is 0 Å². The highest BCUT2D eigenvalue weighted by Gasteiger charge is 2.19. The number of rotatable bonds is 2. The molecule has 6 heteroatoms. The van der Waals surface area contributed by atoms with Crippen molar-refractivity contribution in [1.82, 2.24) is 10.3 Å². The highest BCUT2D eigenvalue weighted by Crippen LogP contribution is 2.20. The second-order valence-corrected chi connectivity index (χ2v) is 3.26. The van der Waals surface area contributed by atoms with Gasteiger partial charge in [0.15, 0.2) is 0 Å². The van der Waals surface area contributed by atoms with Gasteiger partial charge in [0.05, 0.1) is 17.2 Å². The second-order valence-electron chi connectivity index (χ2n) is 3.26. The van der Waals surface area contributed by atoms with E-state index in [1.807, 2.05) is 0 Å². The van der Waals surface area contributed by atoms with Crippen LogP contribution in [0.5, 0.6) is 0 Å². The topological polar surface area (TPSA) is 77.3 Å². The zero-order chi connectivity index (χ0) is 10.7. The maximum Gasteiger partial charge on any atom is 0.272 e. The Balaban J connectivity index is 2.19. The number of pyridine rings is 1. The van der Waals surface area contributed by atoms with Crippen molar-refractivity contribution in [1.29, 1.82) is 0 Å². The quantitative estimate of drug-likeness (QED) is 0.571. The maximum atomic E-state index is 10.6. The van der Waals surface area contributed by atoms with Gasteiger partial charge in [0, 0.05) is 31.4 Å². The number of hydrogen-bond acceptors (Lipinski definition) is 5. The van der Waals surface area contributed by atoms with Gasteiger partial charge in [0.25, 0.3) is 5.69 Å². The van der Waals surface area contributed by atoms with E-state index in [4.69, 9.17) is 4.74 Å². The molecule has 0 radical (unpaired) electrons. The molecule has 1 aliphatic rings. The molecule has 1 atom stereocenters. The Morgan fingerprint density at radius 1 is 1.67 bits per heavy atom. The molecule has 1 aromatic rings. The summed E-state index contributed by atoms with van der Waals surface area (Å²) in [6.07, 6.45) is 1.25. The fourth-order valence-corrected chi connectivity index (χ4v) is 1.48. The predicted octanol–water partition coefficient (Wildman–Crippen LogP) is 0.651. The number of aromatic nitrogens is 1. The van der Waals surface area contributed by atoms with E-state index >= 15 is 0 Å². The van der Waals surface area contributed by atoms with Gasteiger partial charge in [0.1, 0.15) is 6.10 Å². The molecule has 0 saturated carbocycles. The highest BCUT2D eigenvalue weighted by atomic mass is 16.6. The fraction of sp³-hybridized carbons (Fsp3) is 0.444. The summed E-state index contributed by atoms with van der Waals surface area (Å²) >= 11 is 0. The smallest absolute Gasteiger partial charge is 0.272 e. The summed E-state index contributed by atoms with van der Waals surface area (Å²) in [4.78, 5) is 14.2. The Bertz CT molecular complexity index is 363. The molecule has 0 bridgehead atoms. The molecule has 0 amide bonds. The molecule has 1 aromatic heterocycles. The number of nitro groups is 1. The van der Waals surface area contributed by atoms with Gasteiger partial charge in [-0.05, 0) is 0 Å². The zero-order valence-electron chi connectivity index (χ0n) is 8.05. The van der Waals surface area contributed by atoms with Gasteiger partial charge >= 0.3 is 0 Å². The van der Waals surface area contributed by atoms with Crippen LogP contribution in [0, 0.1) is 10.1 Å². The highest BCUT2D eigenvalue weighted by molar-refractivity contribution is 5.30. The Hall–Kier alpha value is -1.53. The van der Waals surface area contributed by atoms with Gasteiger partial charge in [-0.15, -0.1) is 0 Å². The van der Waals surface area contributed by atoms with Crippen LogP contribution in [0.15, 0.2) is 18.3 Å². The average molecular weight is 209 g/mol. The van der Waals surface area contributed by atoms with Crippen molar-refractivity contribution < 1.29 is 9.66 Å². The molecule has 1 fully saturated rings. The number of morpholine rings is 1. The number of nitrogens with zero attached hydrogens (tertiary/aromatic N) is 2. The summed E-state index contributed by atoms with van der Waals surface area (Å²) in [5.41, 5.74) is 0.658. The molecule has 1 saturated heterocycles. The van der Waals surface area contributed by atoms with E-state index in [1.54, 1.807) is 0 Å². The first-order valence-electron chi connectivity index (χ1n) is 4.70. The van der Waals surface area contributed by atoms with E-state index in [9.17, 15) is 10.1 Å². The van der Waals surface area contributed by atoms with Crippen molar-refractivity contribution in [2.45, 2.75) is 6.10 Å². The molecular formula is C9H11N3O3. The first-order chi connectivity index (χ1) is 7.27. The van der Waals surface area contributed by atoms with Crippen LogP contribution in [0.4, 0.5) is 5.69 Å². The molecule has 80 valence electrons. The molecule has 2 heterocycles. The second kappa shape index (κ2) is 4.33. The molecule has 15 heavy (non-hydrogen) atoms. The van der Waals surface area contributed by atoms with E-state index < -0.39 is 4.92 Å². The summed E-state index contributed by atoms with van der Waals surface area (Å²) in [5, 5.41) is 13.7. The van der Waals surface area contributed by atoms with E-state index in [1.165, 1.54) is 18.3 Å². The Kier molecular flexibility index (Phi) is 2.89. The molecule has 0 aliphatic carbocycles. The minimum atomic E-state index is -0.429. The van der Waals surface area contributed by atoms with Crippen molar-refractivity contribution >= 4 is 5.69 Å². The van der Waals surface area contributed by atoms with Gasteiger partial charge in [-0.3, -0.25) is 15.1 Å². The number of nitrogens with one attached hydrogen (secondary N) is 1. The van der Waals surface area contributed by atoms with Crippen LogP contribution >= 0.6 is 0 Å². The molecular weight excluding hydrogens is 198 g/mol. The third-order valence-corrected chi connectivity index (χ3v) is 2.23. The summed E-state index contributed by atoms with van der Waals surface area (Å²) in [6, 6.07) is 2.83. The van der Waals surface area contributed by atoms with E-state index in [0.29, 0.717) is 18.8 Å². The molecule has 1 unspecified atom stereocenters. The zero-order valence-corrected chi connectivity index (χ0v) is 8.05. The van der Waals surface area contributed by atoms with Crippen LogP contribution < -0.4 is 5.32 Å². The fourth-order valence-electron chi connectivity index (χ4n) is 1.48. The van der Waals surface area contributed by atoms with E-state index in [-0.39, 0.29) is 11.8 Å². The van der Waals surface area contributed by atoms with Crippen molar-refractivity contribution in [3.8, 4) is 0 Å². The first-order valence-corrected chi connectivity index (χ1v) is 4.70. The lowest BCUT2D eigenvalue weighted by Crippen LogP contribution is -2.33. The van der Waals surface area contributed by atoms with Crippen molar-refractivity contribution in [3.63, 3.8) is 0 Å². The third-order valence-electron chi connectivity index (χ3n) is 2.23. The minimum absolute atomic E-state index is 0.0502. The van der Waals surface area contributed by atoms with Gasteiger partial charge in [0.2, 0.25) is 0 Å². The predicted molar refractivity (Wildman–Crippen MR) is 52.5 cm³/mol. The van der Waals surface area contributed by atoms with Gasteiger partial charge in [-0.25, -0.2) is 0 Å². The van der Waals surface area contributed by atoms with Crippen LogP contribution in [-0.2, 0) is 4.74 Å². The SMILES string of the molecule is O=[N+]([O-])c1ccnc(C2CNCCO2)c1. The summed E-state index contributed by atoms with van der Waals surface area (Å²) in [5.74, 6) is 0. The van der Waals surface area contributed by atoms with Crippen LogP contribution in [0.1, 0.15) is 11.8 Å². The van der Waals surface area contributed by atoms with Crippen molar-refractivity contribution in [3.05, 3.63) is 34.1 Å². The Morgan fingerprint density at radius 2 is 2.53 bits per heavy atom. The van der Waals surface area contributed by atoms with Crippen LogP contribution in [0.25, 0.3) is 0 Å². The molecule has 0 aromatic carbocycles. The first kappa shape index (κ1) is 10.0. The Labute approximate surface area is 86.4 Å². The standard InChI is InChI=1S/C9H11N3O3/c13-12(14)7-1-2-11-8(5-7)9-6-10-3-4-15-9/h1-2,5,9-10H,3-4,6H2. The molecule has 0 spiro atoms. The van der Waals surface area contributed by atoms with Gasteiger partial charge in [-0.2, -0.15) is 0 Å². The molecule has 1 aliphatic heterocycles. The van der Waals surface area contributed by atoms with Crippen molar-refractivity contribution in [2.24, 2.45) is 0 Å². The summed E-state index contributed by atoms with van der Waals surface area (Å²) in [7, 11) is 0. The van der Waals surface area contributed by atoms with Gasteiger partial charge < -0.3 is 10.1 Å². The van der Waals surface area contributed by atoms with Crippen LogP contribution in [0.3, 0.4) is 0 Å². The third kappa shape index (κ3) is 2.28. The largest absolute Gasteiger partial charge is 0.369 e. The average Bonchev–Trinajstić information content (AvgIpc) is 2.30. The monoisotopic (exact) mass is 209 g/mol. The summed E-state index contributed by atoms with van der Waals surface area (Å²) in [6.45, 7) is 2.06. The van der Waals surface area contributed by atoms with Gasteiger partial charge in [-0.1, -0.05) is 0 Å². The van der Waals surface area contributed by atoms with E-state index in [2.05, 4.69) is 10.3 Å². The lowest BCUT2D eigenvalue weighted by atomic mass is 10.2. The number of ether oxygens (including phenoxy) is 1. The molecule has 6 nitrogen and oxygen atoms in total. The minimum Gasteiger partial charge on any atom is -0.369 e. The van der Waals surface area contributed by atoms with Crippen LogP contribution in [-0.4, -0.2) is 29.6 Å². The molecule has 2 rings (SSSR count). The molecule has 1 N–H and O–H groups in total. The number of hydrogen-bond donors (Lipinski definition) is 1. The van der Waals surface area contributed by atoms with Crippen molar-refractivity contribution in [2.75, 3.05) is 19.7 Å². The summed E-state index contributed by atoms with van der Waals surface area (Å²) < 4.78 is 5.45. The lowest BCUT2D eigenvalue weighted by Gasteiger charge is -2.22. The normalized spacial score (nSPS) is 21.2.